The van der Waals surface area contributed by atoms with Crippen LogP contribution >= 0.6 is 0 Å². The van der Waals surface area contributed by atoms with Crippen LogP contribution in [0, 0.1) is 17.0 Å². The maximum Gasteiger partial charge on any atom is 0.288 e. The molecule has 124 valence electrons. The molecule has 2 aromatic rings. The summed E-state index contributed by atoms with van der Waals surface area (Å²) in [6, 6.07) is 8.53. The summed E-state index contributed by atoms with van der Waals surface area (Å²) in [5.74, 6) is -0.668. The van der Waals surface area contributed by atoms with Crippen LogP contribution in [0.3, 0.4) is 0 Å². The minimum absolute atomic E-state index is 0.0973. The molecule has 0 aliphatic heterocycles. The molecule has 0 aliphatic rings. The molecule has 0 bridgehead atoms. The first-order valence-corrected chi connectivity index (χ1v) is 7.05. The summed E-state index contributed by atoms with van der Waals surface area (Å²) < 4.78 is 1.03. The summed E-state index contributed by atoms with van der Waals surface area (Å²) in [5.41, 5.74) is 0.201. The third-order valence-corrected chi connectivity index (χ3v) is 3.48. The normalized spacial score (nSPS) is 10.2. The van der Waals surface area contributed by atoms with Crippen molar-refractivity contribution in [2.75, 3.05) is 5.32 Å². The van der Waals surface area contributed by atoms with E-state index in [9.17, 15) is 24.5 Å². The molecule has 0 spiro atoms. The Morgan fingerprint density at radius 3 is 2.58 bits per heavy atom. The molecule has 1 aromatic carbocycles. The van der Waals surface area contributed by atoms with Gasteiger partial charge in [-0.05, 0) is 26.0 Å². The van der Waals surface area contributed by atoms with Crippen molar-refractivity contribution < 1.29 is 14.5 Å². The van der Waals surface area contributed by atoms with E-state index in [4.69, 9.17) is 0 Å². The van der Waals surface area contributed by atoms with E-state index in [1.54, 1.807) is 18.2 Å². The Bertz CT molecular complexity index is 886. The zero-order chi connectivity index (χ0) is 17.9. The first-order valence-electron chi connectivity index (χ1n) is 7.05. The fourth-order valence-corrected chi connectivity index (χ4v) is 2.21. The second-order valence-electron chi connectivity index (χ2n) is 5.17. The minimum atomic E-state index is -0.612. The molecule has 24 heavy (non-hydrogen) atoms. The van der Waals surface area contributed by atoms with E-state index in [0.29, 0.717) is 11.3 Å². The topological polar surface area (TPSA) is 111 Å². The lowest BCUT2D eigenvalue weighted by molar-refractivity contribution is -0.386. The summed E-state index contributed by atoms with van der Waals surface area (Å²) in [6.45, 7) is 2.45. The number of pyridine rings is 1. The van der Waals surface area contributed by atoms with E-state index in [1.165, 1.54) is 19.9 Å². The molecule has 0 atom stereocenters. The minimum Gasteiger partial charge on any atom is -0.325 e. The molecule has 8 nitrogen and oxygen atoms in total. The fourth-order valence-electron chi connectivity index (χ4n) is 2.21. The maximum absolute atomic E-state index is 12.1. The van der Waals surface area contributed by atoms with Gasteiger partial charge in [0.15, 0.2) is 5.78 Å². The maximum atomic E-state index is 12.1. The average molecular weight is 329 g/mol. The van der Waals surface area contributed by atoms with Gasteiger partial charge in [0.25, 0.3) is 11.2 Å². The van der Waals surface area contributed by atoms with Crippen LogP contribution in [0.15, 0.2) is 41.2 Å². The molecule has 8 heteroatoms. The highest BCUT2D eigenvalue weighted by atomic mass is 16.6. The zero-order valence-corrected chi connectivity index (χ0v) is 13.1. The number of Topliss-reactive ketones (excluding diaryl/α,β-unsaturated/α-hetero) is 1. The standard InChI is InChI=1S/C16H15N3O5/c1-10-14(19(23)24)6-7-16(22)18(10)9-15(21)17-13-5-3-4-12(8-13)11(2)20/h3-8H,9H2,1-2H3,(H,17,21). The van der Waals surface area contributed by atoms with Gasteiger partial charge in [0.1, 0.15) is 6.54 Å². The molecule has 0 saturated heterocycles. The van der Waals surface area contributed by atoms with Crippen molar-refractivity contribution in [1.82, 2.24) is 4.57 Å². The number of rotatable bonds is 5. The summed E-state index contributed by atoms with van der Waals surface area (Å²) in [7, 11) is 0. The highest BCUT2D eigenvalue weighted by molar-refractivity contribution is 5.97. The average Bonchev–Trinajstić information content (AvgIpc) is 2.51. The number of nitro groups is 1. The largest absolute Gasteiger partial charge is 0.325 e. The van der Waals surface area contributed by atoms with Gasteiger partial charge in [-0.2, -0.15) is 0 Å². The number of carbonyl (C=O) groups excluding carboxylic acids is 2. The van der Waals surface area contributed by atoms with Crippen LogP contribution in [-0.2, 0) is 11.3 Å². The molecule has 0 unspecified atom stereocenters. The van der Waals surface area contributed by atoms with E-state index in [1.807, 2.05) is 0 Å². The second kappa shape index (κ2) is 6.86. The summed E-state index contributed by atoms with van der Waals surface area (Å²) in [4.78, 5) is 45.6. The Morgan fingerprint density at radius 1 is 1.25 bits per heavy atom. The van der Waals surface area contributed by atoms with Crippen LogP contribution in [0.5, 0.6) is 0 Å². The number of hydrogen-bond donors (Lipinski definition) is 1. The van der Waals surface area contributed by atoms with Crippen molar-refractivity contribution >= 4 is 23.1 Å². The molecule has 0 fully saturated rings. The first-order chi connectivity index (χ1) is 11.3. The van der Waals surface area contributed by atoms with E-state index in [2.05, 4.69) is 5.32 Å². The van der Waals surface area contributed by atoms with Crippen LogP contribution in [0.4, 0.5) is 11.4 Å². The molecule has 0 aliphatic carbocycles. The molecular formula is C16H15N3O5. The lowest BCUT2D eigenvalue weighted by atomic mass is 10.1. The second-order valence-corrected chi connectivity index (χ2v) is 5.17. The van der Waals surface area contributed by atoms with Gasteiger partial charge >= 0.3 is 0 Å². The summed E-state index contributed by atoms with van der Waals surface area (Å²) >= 11 is 0. The van der Waals surface area contributed by atoms with Crippen molar-refractivity contribution in [2.24, 2.45) is 0 Å². The van der Waals surface area contributed by atoms with Gasteiger partial charge in [0, 0.05) is 23.4 Å². The van der Waals surface area contributed by atoms with E-state index < -0.39 is 16.4 Å². The number of aromatic nitrogens is 1. The highest BCUT2D eigenvalue weighted by Gasteiger charge is 2.17. The Balaban J connectivity index is 2.23. The molecule has 0 radical (unpaired) electrons. The van der Waals surface area contributed by atoms with Gasteiger partial charge in [0.05, 0.1) is 10.6 Å². The molecule has 1 N–H and O–H groups in total. The number of nitrogens with zero attached hydrogens (tertiary/aromatic N) is 2. The van der Waals surface area contributed by atoms with Gasteiger partial charge in [0.2, 0.25) is 5.91 Å². The molecule has 0 saturated carbocycles. The third-order valence-electron chi connectivity index (χ3n) is 3.48. The molecule has 1 aromatic heterocycles. The molecule has 1 amide bonds. The quantitative estimate of drug-likeness (QED) is 0.511. The highest BCUT2D eigenvalue weighted by Crippen LogP contribution is 2.15. The van der Waals surface area contributed by atoms with E-state index >= 15 is 0 Å². The number of hydrogen-bond acceptors (Lipinski definition) is 5. The Kier molecular flexibility index (Phi) is 4.88. The Hall–Kier alpha value is -3.29. The van der Waals surface area contributed by atoms with Gasteiger partial charge in [-0.25, -0.2) is 0 Å². The van der Waals surface area contributed by atoms with Gasteiger partial charge in [-0.1, -0.05) is 12.1 Å². The number of anilines is 1. The summed E-state index contributed by atoms with van der Waals surface area (Å²) in [6.07, 6.45) is 0. The van der Waals surface area contributed by atoms with Crippen LogP contribution < -0.4 is 10.9 Å². The fraction of sp³-hybridized carbons (Fsp3) is 0.188. The van der Waals surface area contributed by atoms with Crippen LogP contribution in [0.2, 0.25) is 0 Å². The van der Waals surface area contributed by atoms with Crippen molar-refractivity contribution in [3.05, 3.63) is 68.1 Å². The zero-order valence-electron chi connectivity index (χ0n) is 13.1. The van der Waals surface area contributed by atoms with Crippen LogP contribution in [-0.4, -0.2) is 21.2 Å². The predicted octanol–water partition coefficient (Wildman–Crippen LogP) is 1.91. The van der Waals surface area contributed by atoms with Gasteiger partial charge < -0.3 is 5.32 Å². The van der Waals surface area contributed by atoms with Gasteiger partial charge in [-0.15, -0.1) is 0 Å². The monoisotopic (exact) mass is 329 g/mol. The lowest BCUT2D eigenvalue weighted by Crippen LogP contribution is -2.29. The smallest absolute Gasteiger partial charge is 0.288 e. The molecule has 2 rings (SSSR count). The number of ketones is 1. The Morgan fingerprint density at radius 2 is 1.96 bits per heavy atom. The molecular weight excluding hydrogens is 314 g/mol. The van der Waals surface area contributed by atoms with Crippen molar-refractivity contribution in [3.8, 4) is 0 Å². The van der Waals surface area contributed by atoms with Crippen LogP contribution in [0.1, 0.15) is 23.0 Å². The number of amides is 1. The summed E-state index contributed by atoms with van der Waals surface area (Å²) in [5, 5.41) is 13.5. The van der Waals surface area contributed by atoms with Crippen LogP contribution in [0.25, 0.3) is 0 Å². The number of carbonyl (C=O) groups is 2. The third kappa shape index (κ3) is 3.72. The van der Waals surface area contributed by atoms with Gasteiger partial charge in [-0.3, -0.25) is 29.1 Å². The van der Waals surface area contributed by atoms with E-state index in [0.717, 1.165) is 16.7 Å². The lowest BCUT2D eigenvalue weighted by Gasteiger charge is -2.10. The predicted molar refractivity (Wildman–Crippen MR) is 87.2 cm³/mol. The SMILES string of the molecule is CC(=O)c1cccc(NC(=O)Cn2c(C)c([N+](=O)[O-])ccc2=O)c1. The van der Waals surface area contributed by atoms with Crippen molar-refractivity contribution in [1.29, 1.82) is 0 Å². The number of nitrogens with one attached hydrogen (secondary N) is 1. The first kappa shape index (κ1) is 17.1. The molecule has 1 heterocycles. The van der Waals surface area contributed by atoms with Crippen molar-refractivity contribution in [3.63, 3.8) is 0 Å². The Labute approximate surface area is 136 Å². The van der Waals surface area contributed by atoms with E-state index in [-0.39, 0.29) is 23.7 Å². The van der Waals surface area contributed by atoms with Crippen molar-refractivity contribution in [2.45, 2.75) is 20.4 Å². The number of benzene rings is 1.